The molecular formula is C24H26Si2. The van der Waals surface area contributed by atoms with Gasteiger partial charge in [-0.25, -0.2) is 0 Å². The molecule has 3 rings (SSSR count). The van der Waals surface area contributed by atoms with E-state index in [2.05, 4.69) is 111 Å². The molecule has 0 spiro atoms. The van der Waals surface area contributed by atoms with Gasteiger partial charge in [-0.3, -0.25) is 0 Å². The van der Waals surface area contributed by atoms with Crippen LogP contribution in [0.5, 0.6) is 0 Å². The molecule has 0 amide bonds. The highest BCUT2D eigenvalue weighted by atomic mass is 28.3. The Balaban J connectivity index is 2.27. The lowest BCUT2D eigenvalue weighted by Gasteiger charge is -2.08. The number of hydrogen-bond acceptors (Lipinski definition) is 0. The molecule has 3 aromatic rings. The number of benzene rings is 3. The monoisotopic (exact) mass is 370 g/mol. The Kier molecular flexibility index (Phi) is 4.85. The highest BCUT2D eigenvalue weighted by Gasteiger charge is 2.11. The number of rotatable bonds is 0. The minimum atomic E-state index is -1.43. The molecule has 0 aliphatic heterocycles. The Bertz CT molecular complexity index is 1010. The first-order valence-corrected chi connectivity index (χ1v) is 16.1. The Morgan fingerprint density at radius 2 is 0.923 bits per heavy atom. The van der Waals surface area contributed by atoms with Crippen molar-refractivity contribution in [3.8, 4) is 22.9 Å². The van der Waals surface area contributed by atoms with Crippen molar-refractivity contribution in [3.63, 3.8) is 0 Å². The normalized spacial score (nSPS) is 11.6. The third kappa shape index (κ3) is 4.67. The van der Waals surface area contributed by atoms with E-state index in [0.717, 1.165) is 11.1 Å². The van der Waals surface area contributed by atoms with Crippen molar-refractivity contribution in [1.29, 1.82) is 0 Å². The Morgan fingerprint density at radius 1 is 0.538 bits per heavy atom. The molecule has 0 N–H and O–H groups in total. The van der Waals surface area contributed by atoms with E-state index in [0.29, 0.717) is 0 Å². The van der Waals surface area contributed by atoms with Crippen molar-refractivity contribution in [2.75, 3.05) is 0 Å². The van der Waals surface area contributed by atoms with E-state index in [1.807, 2.05) is 0 Å². The molecule has 130 valence electrons. The largest absolute Gasteiger partial charge is 0.129 e. The van der Waals surface area contributed by atoms with Gasteiger partial charge in [0.2, 0.25) is 0 Å². The van der Waals surface area contributed by atoms with Crippen molar-refractivity contribution in [1.82, 2.24) is 0 Å². The molecule has 0 radical (unpaired) electrons. The van der Waals surface area contributed by atoms with Crippen LogP contribution in [-0.2, 0) is 0 Å². The SMILES string of the molecule is C[Si](C)(C)C#Cc1cc2cc3ccccc3cc2cc1C#C[Si](C)(C)C. The maximum Gasteiger partial charge on any atom is 0.129 e. The van der Waals surface area contributed by atoms with Gasteiger partial charge in [-0.05, 0) is 45.8 Å². The van der Waals surface area contributed by atoms with Crippen LogP contribution in [-0.4, -0.2) is 16.1 Å². The molecule has 3 aromatic carbocycles. The molecule has 0 unspecified atom stereocenters. The van der Waals surface area contributed by atoms with Crippen LogP contribution in [0.4, 0.5) is 0 Å². The molecule has 0 aliphatic rings. The fraction of sp³-hybridized carbons (Fsp3) is 0.250. The molecule has 0 heterocycles. The van der Waals surface area contributed by atoms with E-state index in [4.69, 9.17) is 0 Å². The third-order valence-corrected chi connectivity index (χ3v) is 5.74. The van der Waals surface area contributed by atoms with Crippen LogP contribution in [0.3, 0.4) is 0 Å². The highest BCUT2D eigenvalue weighted by molar-refractivity contribution is 6.84. The standard InChI is InChI=1S/C24H26Si2/c1-25(2,3)13-11-21-17-23-15-19-9-7-8-10-20(19)16-24(23)18-22(21)12-14-26(4,5)6/h7-10,15-18H,1-6H3. The summed E-state index contributed by atoms with van der Waals surface area (Å²) in [4.78, 5) is 0. The van der Waals surface area contributed by atoms with Crippen molar-refractivity contribution in [3.05, 3.63) is 59.7 Å². The fourth-order valence-electron chi connectivity index (χ4n) is 2.71. The summed E-state index contributed by atoms with van der Waals surface area (Å²) in [6.45, 7) is 13.7. The van der Waals surface area contributed by atoms with Crippen LogP contribution in [0.25, 0.3) is 21.5 Å². The van der Waals surface area contributed by atoms with Gasteiger partial charge in [-0.2, -0.15) is 0 Å². The zero-order valence-electron chi connectivity index (χ0n) is 16.6. The fourth-order valence-corrected chi connectivity index (χ4v) is 3.73. The second kappa shape index (κ2) is 6.80. The molecule has 26 heavy (non-hydrogen) atoms. The van der Waals surface area contributed by atoms with Crippen molar-refractivity contribution in [2.24, 2.45) is 0 Å². The van der Waals surface area contributed by atoms with Gasteiger partial charge in [0.25, 0.3) is 0 Å². The first-order chi connectivity index (χ1) is 12.1. The maximum atomic E-state index is 3.51. The second-order valence-electron chi connectivity index (χ2n) is 8.94. The molecule has 2 heteroatoms. The van der Waals surface area contributed by atoms with Gasteiger partial charge in [0.05, 0.1) is 0 Å². The van der Waals surface area contributed by atoms with Crippen LogP contribution in [0, 0.1) is 22.9 Å². The van der Waals surface area contributed by atoms with Gasteiger partial charge < -0.3 is 0 Å². The molecule has 0 saturated heterocycles. The molecular weight excluding hydrogens is 344 g/mol. The first-order valence-electron chi connectivity index (χ1n) is 9.14. The second-order valence-corrected chi connectivity index (χ2v) is 18.4. The summed E-state index contributed by atoms with van der Waals surface area (Å²) in [5.74, 6) is 6.91. The van der Waals surface area contributed by atoms with Gasteiger partial charge in [0.15, 0.2) is 0 Å². The lowest BCUT2D eigenvalue weighted by atomic mass is 9.98. The molecule has 0 bridgehead atoms. The summed E-state index contributed by atoms with van der Waals surface area (Å²) < 4.78 is 0. The number of fused-ring (bicyclic) bond motifs is 2. The van der Waals surface area contributed by atoms with Crippen LogP contribution in [0.1, 0.15) is 11.1 Å². The summed E-state index contributed by atoms with van der Waals surface area (Å²) >= 11 is 0. The average Bonchev–Trinajstić information content (AvgIpc) is 2.54. The summed E-state index contributed by atoms with van der Waals surface area (Å²) in [5.41, 5.74) is 9.16. The van der Waals surface area contributed by atoms with Crippen molar-refractivity contribution >= 4 is 37.7 Å². The van der Waals surface area contributed by atoms with E-state index >= 15 is 0 Å². The van der Waals surface area contributed by atoms with E-state index in [1.165, 1.54) is 21.5 Å². The van der Waals surface area contributed by atoms with Crippen LogP contribution >= 0.6 is 0 Å². The summed E-state index contributed by atoms with van der Waals surface area (Å²) in [7, 11) is -2.87. The molecule has 0 aromatic heterocycles. The Hall–Kier alpha value is -2.27. The molecule has 0 aliphatic carbocycles. The predicted molar refractivity (Wildman–Crippen MR) is 122 cm³/mol. The van der Waals surface area contributed by atoms with Gasteiger partial charge in [-0.15, -0.1) is 11.1 Å². The maximum absolute atomic E-state index is 3.51. The average molecular weight is 371 g/mol. The van der Waals surface area contributed by atoms with E-state index < -0.39 is 16.1 Å². The van der Waals surface area contributed by atoms with Crippen molar-refractivity contribution < 1.29 is 0 Å². The zero-order valence-corrected chi connectivity index (χ0v) is 18.6. The molecule has 0 saturated carbocycles. The van der Waals surface area contributed by atoms with E-state index in [9.17, 15) is 0 Å². The highest BCUT2D eigenvalue weighted by Crippen LogP contribution is 2.25. The number of hydrogen-bond donors (Lipinski definition) is 0. The van der Waals surface area contributed by atoms with E-state index in [-0.39, 0.29) is 0 Å². The quantitative estimate of drug-likeness (QED) is 0.242. The summed E-state index contributed by atoms with van der Waals surface area (Å²) in [6.07, 6.45) is 0. The first kappa shape index (κ1) is 18.5. The Morgan fingerprint density at radius 3 is 1.27 bits per heavy atom. The summed E-state index contributed by atoms with van der Waals surface area (Å²) in [6, 6.07) is 17.5. The topological polar surface area (TPSA) is 0 Å². The van der Waals surface area contributed by atoms with Crippen molar-refractivity contribution in [2.45, 2.75) is 39.3 Å². The van der Waals surface area contributed by atoms with Gasteiger partial charge in [-0.1, -0.05) is 75.4 Å². The molecule has 0 fully saturated rings. The van der Waals surface area contributed by atoms with Crippen LogP contribution < -0.4 is 0 Å². The zero-order chi connectivity index (χ0) is 18.9. The molecule has 0 atom stereocenters. The van der Waals surface area contributed by atoms with Crippen LogP contribution in [0.15, 0.2) is 48.5 Å². The Labute approximate surface area is 159 Å². The predicted octanol–water partition coefficient (Wildman–Crippen LogP) is 6.45. The van der Waals surface area contributed by atoms with Gasteiger partial charge >= 0.3 is 0 Å². The third-order valence-electron chi connectivity index (χ3n) is 3.99. The van der Waals surface area contributed by atoms with Gasteiger partial charge in [0, 0.05) is 11.1 Å². The lowest BCUT2D eigenvalue weighted by molar-refractivity contribution is 1.64. The lowest BCUT2D eigenvalue weighted by Crippen LogP contribution is -2.16. The van der Waals surface area contributed by atoms with E-state index in [1.54, 1.807) is 0 Å². The van der Waals surface area contributed by atoms with Gasteiger partial charge in [0.1, 0.15) is 16.1 Å². The van der Waals surface area contributed by atoms with Crippen LogP contribution in [0.2, 0.25) is 39.3 Å². The molecule has 0 nitrogen and oxygen atoms in total. The minimum absolute atomic E-state index is 1.07. The smallest absolute Gasteiger partial charge is 0.127 e. The summed E-state index contributed by atoms with van der Waals surface area (Å²) in [5, 5.41) is 5.01. The minimum Gasteiger partial charge on any atom is -0.127 e.